The number of carbonyl (C=O) groups is 3. The van der Waals surface area contributed by atoms with Gasteiger partial charge in [-0.05, 0) is 37.0 Å². The Hall–Kier alpha value is -2.57. The van der Waals surface area contributed by atoms with Gasteiger partial charge in [0.2, 0.25) is 5.91 Å². The molecule has 0 radical (unpaired) electrons. The molecule has 7 heteroatoms. The molecule has 0 saturated carbocycles. The quantitative estimate of drug-likeness (QED) is 0.614. The Bertz CT molecular complexity index is 666. The number of hydrogen-bond acceptors (Lipinski definition) is 4. The highest BCUT2D eigenvalue weighted by molar-refractivity contribution is 6.09. The molecule has 1 fully saturated rings. The highest BCUT2D eigenvalue weighted by Crippen LogP contribution is 2.27. The summed E-state index contributed by atoms with van der Waals surface area (Å²) < 4.78 is 5.11. The van der Waals surface area contributed by atoms with E-state index in [1.54, 1.807) is 7.11 Å². The number of urea groups is 1. The zero-order valence-corrected chi connectivity index (χ0v) is 16.3. The van der Waals surface area contributed by atoms with E-state index in [1.807, 2.05) is 38.1 Å². The zero-order valence-electron chi connectivity index (χ0n) is 16.3. The first-order valence-corrected chi connectivity index (χ1v) is 9.49. The standard InChI is InChI=1S/C20H29N3O4/c1-4-11-20(12-5-2)18(25)23(19(26)22-20)14-17(24)21-13-10-15-6-8-16(27-3)9-7-15/h6-9H,4-5,10-14H2,1-3H3,(H,21,24)(H,22,26). The normalized spacial score (nSPS) is 15.6. The molecule has 1 aliphatic rings. The molecule has 0 bridgehead atoms. The largest absolute Gasteiger partial charge is 0.497 e. The maximum atomic E-state index is 12.8. The van der Waals surface area contributed by atoms with Crippen molar-refractivity contribution in [3.05, 3.63) is 29.8 Å². The van der Waals surface area contributed by atoms with Gasteiger partial charge in [0, 0.05) is 6.54 Å². The number of nitrogens with one attached hydrogen (secondary N) is 2. The number of benzene rings is 1. The van der Waals surface area contributed by atoms with Gasteiger partial charge in [-0.2, -0.15) is 0 Å². The molecule has 27 heavy (non-hydrogen) atoms. The molecule has 0 atom stereocenters. The third-order valence-corrected chi connectivity index (χ3v) is 4.80. The van der Waals surface area contributed by atoms with E-state index >= 15 is 0 Å². The first-order chi connectivity index (χ1) is 13.0. The highest BCUT2D eigenvalue weighted by atomic mass is 16.5. The SMILES string of the molecule is CCCC1(CCC)NC(=O)N(CC(=O)NCCc2ccc(OC)cc2)C1=O. The smallest absolute Gasteiger partial charge is 0.325 e. The first kappa shape index (κ1) is 20.7. The van der Waals surface area contributed by atoms with Crippen LogP contribution < -0.4 is 15.4 Å². The van der Waals surface area contributed by atoms with E-state index in [0.717, 1.165) is 29.1 Å². The maximum absolute atomic E-state index is 12.8. The van der Waals surface area contributed by atoms with E-state index in [9.17, 15) is 14.4 Å². The zero-order chi connectivity index (χ0) is 19.9. The fraction of sp³-hybridized carbons (Fsp3) is 0.550. The number of ether oxygens (including phenoxy) is 1. The summed E-state index contributed by atoms with van der Waals surface area (Å²) in [6.07, 6.45) is 3.40. The summed E-state index contributed by atoms with van der Waals surface area (Å²) in [4.78, 5) is 38.2. The second-order valence-corrected chi connectivity index (χ2v) is 6.85. The van der Waals surface area contributed by atoms with Crippen molar-refractivity contribution >= 4 is 17.8 Å². The van der Waals surface area contributed by atoms with E-state index in [1.165, 1.54) is 0 Å². The summed E-state index contributed by atoms with van der Waals surface area (Å²) in [5, 5.41) is 5.59. The van der Waals surface area contributed by atoms with Crippen LogP contribution in [0.25, 0.3) is 0 Å². The van der Waals surface area contributed by atoms with Gasteiger partial charge in [0.05, 0.1) is 7.11 Å². The second kappa shape index (κ2) is 9.39. The van der Waals surface area contributed by atoms with E-state index in [2.05, 4.69) is 10.6 Å². The molecule has 1 aromatic rings. The minimum atomic E-state index is -0.857. The van der Waals surface area contributed by atoms with Crippen LogP contribution in [0.5, 0.6) is 5.75 Å². The minimum Gasteiger partial charge on any atom is -0.497 e. The van der Waals surface area contributed by atoms with Crippen LogP contribution in [0, 0.1) is 0 Å². The predicted octanol–water partition coefficient (Wildman–Crippen LogP) is 2.24. The topological polar surface area (TPSA) is 87.7 Å². The lowest BCUT2D eigenvalue weighted by molar-refractivity contribution is -0.135. The Labute approximate surface area is 160 Å². The third-order valence-electron chi connectivity index (χ3n) is 4.80. The Morgan fingerprint density at radius 3 is 2.33 bits per heavy atom. The van der Waals surface area contributed by atoms with Crippen molar-refractivity contribution in [2.75, 3.05) is 20.2 Å². The van der Waals surface area contributed by atoms with Gasteiger partial charge in [-0.25, -0.2) is 4.79 Å². The van der Waals surface area contributed by atoms with Gasteiger partial charge in [-0.15, -0.1) is 0 Å². The minimum absolute atomic E-state index is 0.248. The molecule has 148 valence electrons. The molecule has 0 aliphatic carbocycles. The maximum Gasteiger partial charge on any atom is 0.325 e. The van der Waals surface area contributed by atoms with Crippen LogP contribution >= 0.6 is 0 Å². The van der Waals surface area contributed by atoms with E-state index in [4.69, 9.17) is 4.74 Å². The van der Waals surface area contributed by atoms with Gasteiger partial charge in [-0.1, -0.05) is 38.8 Å². The van der Waals surface area contributed by atoms with Gasteiger partial charge >= 0.3 is 6.03 Å². The Balaban J connectivity index is 1.87. The fourth-order valence-corrected chi connectivity index (χ4v) is 3.48. The lowest BCUT2D eigenvalue weighted by Crippen LogP contribution is -2.47. The van der Waals surface area contributed by atoms with Gasteiger partial charge in [0.15, 0.2) is 0 Å². The highest BCUT2D eigenvalue weighted by Gasteiger charge is 2.50. The van der Waals surface area contributed by atoms with Crippen molar-refractivity contribution in [2.45, 2.75) is 51.5 Å². The average molecular weight is 375 g/mol. The number of nitrogens with zero attached hydrogens (tertiary/aromatic N) is 1. The van der Waals surface area contributed by atoms with Gasteiger partial charge < -0.3 is 15.4 Å². The van der Waals surface area contributed by atoms with Crippen molar-refractivity contribution in [3.63, 3.8) is 0 Å². The monoisotopic (exact) mass is 375 g/mol. The van der Waals surface area contributed by atoms with Crippen LogP contribution in [0.1, 0.15) is 45.1 Å². The Morgan fingerprint density at radius 2 is 1.78 bits per heavy atom. The number of carbonyl (C=O) groups excluding carboxylic acids is 3. The molecule has 1 aromatic carbocycles. The number of hydrogen-bond donors (Lipinski definition) is 2. The molecule has 1 saturated heterocycles. The fourth-order valence-electron chi connectivity index (χ4n) is 3.48. The predicted molar refractivity (Wildman–Crippen MR) is 102 cm³/mol. The van der Waals surface area contributed by atoms with Crippen LogP contribution in [-0.2, 0) is 16.0 Å². The molecular weight excluding hydrogens is 346 g/mol. The molecule has 1 aliphatic heterocycles. The van der Waals surface area contributed by atoms with Gasteiger partial charge in [0.1, 0.15) is 17.8 Å². The molecule has 7 nitrogen and oxygen atoms in total. The number of imide groups is 1. The van der Waals surface area contributed by atoms with Crippen LogP contribution in [0.4, 0.5) is 4.79 Å². The molecule has 0 spiro atoms. The number of amides is 4. The van der Waals surface area contributed by atoms with Crippen molar-refractivity contribution in [1.82, 2.24) is 15.5 Å². The van der Waals surface area contributed by atoms with Crippen molar-refractivity contribution in [3.8, 4) is 5.75 Å². The molecule has 2 N–H and O–H groups in total. The summed E-state index contributed by atoms with van der Waals surface area (Å²) in [7, 11) is 1.61. The van der Waals surface area contributed by atoms with Crippen LogP contribution in [-0.4, -0.2) is 48.5 Å². The van der Waals surface area contributed by atoms with Crippen molar-refractivity contribution < 1.29 is 19.1 Å². The van der Waals surface area contributed by atoms with E-state index in [0.29, 0.717) is 25.8 Å². The summed E-state index contributed by atoms with van der Waals surface area (Å²) in [5.41, 5.74) is 0.209. The molecule has 0 aromatic heterocycles. The third kappa shape index (κ3) is 4.99. The van der Waals surface area contributed by atoms with Crippen LogP contribution in [0.2, 0.25) is 0 Å². The average Bonchev–Trinajstić information content (AvgIpc) is 2.87. The first-order valence-electron chi connectivity index (χ1n) is 9.49. The molecule has 2 rings (SSSR count). The van der Waals surface area contributed by atoms with Crippen molar-refractivity contribution in [2.24, 2.45) is 0 Å². The molecule has 1 heterocycles. The van der Waals surface area contributed by atoms with Crippen LogP contribution in [0.15, 0.2) is 24.3 Å². The summed E-state index contributed by atoms with van der Waals surface area (Å²) >= 11 is 0. The lowest BCUT2D eigenvalue weighted by Gasteiger charge is -2.25. The molecular formula is C20H29N3O4. The summed E-state index contributed by atoms with van der Waals surface area (Å²) in [6, 6.07) is 7.13. The van der Waals surface area contributed by atoms with Crippen LogP contribution in [0.3, 0.4) is 0 Å². The van der Waals surface area contributed by atoms with E-state index in [-0.39, 0.29) is 18.4 Å². The number of rotatable bonds is 10. The molecule has 0 unspecified atom stereocenters. The lowest BCUT2D eigenvalue weighted by atomic mass is 9.88. The van der Waals surface area contributed by atoms with Gasteiger partial charge in [0.25, 0.3) is 5.91 Å². The number of methoxy groups -OCH3 is 1. The second-order valence-electron chi connectivity index (χ2n) is 6.85. The summed E-state index contributed by atoms with van der Waals surface area (Å²) in [5.74, 6) is 0.154. The van der Waals surface area contributed by atoms with Crippen molar-refractivity contribution in [1.29, 1.82) is 0 Å². The molecule has 4 amide bonds. The Kier molecular flexibility index (Phi) is 7.21. The van der Waals surface area contributed by atoms with E-state index < -0.39 is 11.6 Å². The Morgan fingerprint density at radius 1 is 1.15 bits per heavy atom. The summed E-state index contributed by atoms with van der Waals surface area (Å²) in [6.45, 7) is 4.14. The van der Waals surface area contributed by atoms with Gasteiger partial charge in [-0.3, -0.25) is 14.5 Å².